The van der Waals surface area contributed by atoms with E-state index in [2.05, 4.69) is 15.7 Å². The molecule has 0 atom stereocenters. The number of nitrogens with zero attached hydrogens (tertiary/aromatic N) is 2. The molecule has 0 unspecified atom stereocenters. The van der Waals surface area contributed by atoms with E-state index in [1.807, 2.05) is 32.2 Å². The number of nitrogens with two attached hydrogens (primary N) is 1. The number of rotatable bonds is 5. The van der Waals surface area contributed by atoms with Gasteiger partial charge in [-0.3, -0.25) is 10.00 Å². The topological polar surface area (TPSA) is 94.2 Å². The average Bonchev–Trinajstić information content (AvgIpc) is 2.97. The molecule has 0 aliphatic carbocycles. The summed E-state index contributed by atoms with van der Waals surface area (Å²) in [6.07, 6.45) is 1.22. The summed E-state index contributed by atoms with van der Waals surface area (Å²) in [7, 11) is 1.77. The zero-order valence-corrected chi connectivity index (χ0v) is 14.7. The Balaban J connectivity index is 1.95. The van der Waals surface area contributed by atoms with Gasteiger partial charge in [-0.05, 0) is 32.2 Å². The summed E-state index contributed by atoms with van der Waals surface area (Å²) in [4.78, 5) is 13.0. The highest BCUT2D eigenvalue weighted by Gasteiger charge is 2.19. The van der Waals surface area contributed by atoms with E-state index in [1.165, 1.54) is 0 Å². The normalized spacial score (nSPS) is 11.5. The SMILES string of the molecule is Cn1ncc(CNCc2sccc2N)c1NC(=O)OC(C)(C)C. The predicted octanol–water partition coefficient (Wildman–Crippen LogP) is 2.70. The summed E-state index contributed by atoms with van der Waals surface area (Å²) in [5.74, 6) is 0.617. The van der Waals surface area contributed by atoms with Crippen molar-refractivity contribution < 1.29 is 9.53 Å². The summed E-state index contributed by atoms with van der Waals surface area (Å²) in [6, 6.07) is 1.89. The van der Waals surface area contributed by atoms with Crippen LogP contribution >= 0.6 is 11.3 Å². The number of carbonyl (C=O) groups is 1. The van der Waals surface area contributed by atoms with E-state index >= 15 is 0 Å². The number of hydrogen-bond donors (Lipinski definition) is 3. The molecule has 0 saturated heterocycles. The minimum Gasteiger partial charge on any atom is -0.444 e. The first kappa shape index (κ1) is 17.3. The van der Waals surface area contributed by atoms with E-state index < -0.39 is 11.7 Å². The molecular weight excluding hydrogens is 314 g/mol. The summed E-state index contributed by atoms with van der Waals surface area (Å²) in [6.45, 7) is 6.71. The lowest BCUT2D eigenvalue weighted by Crippen LogP contribution is -2.28. The van der Waals surface area contributed by atoms with Gasteiger partial charge in [0.2, 0.25) is 0 Å². The van der Waals surface area contributed by atoms with Gasteiger partial charge < -0.3 is 15.8 Å². The summed E-state index contributed by atoms with van der Waals surface area (Å²) in [5.41, 5.74) is 6.99. The van der Waals surface area contributed by atoms with Crippen molar-refractivity contribution in [1.82, 2.24) is 15.1 Å². The van der Waals surface area contributed by atoms with Crippen molar-refractivity contribution in [2.24, 2.45) is 7.05 Å². The van der Waals surface area contributed by atoms with Crippen LogP contribution in [0.25, 0.3) is 0 Å². The first-order valence-corrected chi connectivity index (χ1v) is 8.17. The Hall–Kier alpha value is -2.06. The van der Waals surface area contributed by atoms with Crippen molar-refractivity contribution in [3.8, 4) is 0 Å². The van der Waals surface area contributed by atoms with Gasteiger partial charge in [-0.2, -0.15) is 5.10 Å². The third kappa shape index (κ3) is 4.97. The van der Waals surface area contributed by atoms with E-state index in [0.29, 0.717) is 18.9 Å². The fraction of sp³-hybridized carbons (Fsp3) is 0.467. The number of aromatic nitrogens is 2. The molecule has 2 heterocycles. The quantitative estimate of drug-likeness (QED) is 0.780. The van der Waals surface area contributed by atoms with Crippen molar-refractivity contribution in [2.75, 3.05) is 11.1 Å². The molecule has 7 nitrogen and oxygen atoms in total. The lowest BCUT2D eigenvalue weighted by atomic mass is 10.2. The van der Waals surface area contributed by atoms with Crippen LogP contribution < -0.4 is 16.4 Å². The van der Waals surface area contributed by atoms with Crippen molar-refractivity contribution >= 4 is 28.9 Å². The number of amides is 1. The van der Waals surface area contributed by atoms with E-state index in [1.54, 1.807) is 29.3 Å². The molecule has 0 aromatic carbocycles. The van der Waals surface area contributed by atoms with Crippen LogP contribution in [0, 0.1) is 0 Å². The molecule has 4 N–H and O–H groups in total. The van der Waals surface area contributed by atoms with Crippen LogP contribution in [0.15, 0.2) is 17.6 Å². The standard InChI is InChI=1S/C15H23N5O2S/c1-15(2,3)22-14(21)19-13-10(8-18-20(13)4)7-17-9-12-11(16)5-6-23-12/h5-6,8,17H,7,9,16H2,1-4H3,(H,19,21). The number of anilines is 2. The van der Waals surface area contributed by atoms with Crippen molar-refractivity contribution in [2.45, 2.75) is 39.5 Å². The fourth-order valence-corrected chi connectivity index (χ4v) is 2.75. The van der Waals surface area contributed by atoms with E-state index in [9.17, 15) is 4.79 Å². The van der Waals surface area contributed by atoms with Crippen LogP contribution in [0.3, 0.4) is 0 Å². The van der Waals surface area contributed by atoms with Gasteiger partial charge in [0.15, 0.2) is 0 Å². The van der Waals surface area contributed by atoms with Crippen LogP contribution in [-0.4, -0.2) is 21.5 Å². The third-order valence-corrected chi connectivity index (χ3v) is 3.95. The van der Waals surface area contributed by atoms with Crippen LogP contribution in [0.5, 0.6) is 0 Å². The lowest BCUT2D eigenvalue weighted by molar-refractivity contribution is 0.0634. The molecule has 0 fully saturated rings. The van der Waals surface area contributed by atoms with Gasteiger partial charge in [0, 0.05) is 36.3 Å². The van der Waals surface area contributed by atoms with Crippen LogP contribution in [0.2, 0.25) is 0 Å². The molecule has 1 amide bonds. The van der Waals surface area contributed by atoms with Crippen LogP contribution in [-0.2, 0) is 24.9 Å². The van der Waals surface area contributed by atoms with Gasteiger partial charge in [0.05, 0.1) is 6.20 Å². The molecule has 2 aromatic rings. The molecule has 126 valence electrons. The second kappa shape index (κ2) is 7.01. The number of thiophene rings is 1. The van der Waals surface area contributed by atoms with Crippen molar-refractivity contribution in [3.63, 3.8) is 0 Å². The lowest BCUT2D eigenvalue weighted by Gasteiger charge is -2.20. The van der Waals surface area contributed by atoms with Gasteiger partial charge in [-0.25, -0.2) is 4.79 Å². The Kier molecular flexibility index (Phi) is 5.27. The maximum atomic E-state index is 11.9. The van der Waals surface area contributed by atoms with Crippen LogP contribution in [0.1, 0.15) is 31.2 Å². The molecule has 2 aromatic heterocycles. The summed E-state index contributed by atoms with van der Waals surface area (Å²) >= 11 is 1.61. The van der Waals surface area contributed by atoms with Gasteiger partial charge in [-0.1, -0.05) is 0 Å². The average molecular weight is 337 g/mol. The molecular formula is C15H23N5O2S. The van der Waals surface area contributed by atoms with Crippen molar-refractivity contribution in [1.29, 1.82) is 0 Å². The monoisotopic (exact) mass is 337 g/mol. The van der Waals surface area contributed by atoms with Gasteiger partial charge in [-0.15, -0.1) is 11.3 Å². The number of nitrogen functional groups attached to an aromatic ring is 1. The first-order chi connectivity index (χ1) is 10.8. The van der Waals surface area contributed by atoms with Crippen molar-refractivity contribution in [3.05, 3.63) is 28.1 Å². The Morgan fingerprint density at radius 3 is 2.78 bits per heavy atom. The molecule has 23 heavy (non-hydrogen) atoms. The van der Waals surface area contributed by atoms with E-state index in [4.69, 9.17) is 10.5 Å². The second-order valence-electron chi connectivity index (χ2n) is 6.17. The Bertz CT molecular complexity index is 672. The molecule has 0 saturated carbocycles. The molecule has 0 bridgehead atoms. The molecule has 0 aliphatic rings. The molecule has 8 heteroatoms. The Morgan fingerprint density at radius 1 is 1.43 bits per heavy atom. The Labute approximate surface area is 139 Å². The fourth-order valence-electron chi connectivity index (χ4n) is 1.98. The third-order valence-electron chi connectivity index (χ3n) is 3.01. The largest absolute Gasteiger partial charge is 0.444 e. The minimum atomic E-state index is -0.544. The smallest absolute Gasteiger partial charge is 0.413 e. The molecule has 2 rings (SSSR count). The van der Waals surface area contributed by atoms with Gasteiger partial charge >= 0.3 is 6.09 Å². The maximum Gasteiger partial charge on any atom is 0.413 e. The Morgan fingerprint density at radius 2 is 2.17 bits per heavy atom. The zero-order chi connectivity index (χ0) is 17.0. The minimum absolute atomic E-state index is 0.496. The highest BCUT2D eigenvalue weighted by Crippen LogP contribution is 2.19. The number of hydrogen-bond acceptors (Lipinski definition) is 6. The summed E-state index contributed by atoms with van der Waals surface area (Å²) < 4.78 is 6.89. The first-order valence-electron chi connectivity index (χ1n) is 7.29. The number of carbonyl (C=O) groups excluding carboxylic acids is 1. The molecule has 0 aliphatic heterocycles. The predicted molar refractivity (Wildman–Crippen MR) is 92.3 cm³/mol. The van der Waals surface area contributed by atoms with E-state index in [-0.39, 0.29) is 0 Å². The maximum absolute atomic E-state index is 11.9. The van der Waals surface area contributed by atoms with Gasteiger partial charge in [0.25, 0.3) is 0 Å². The van der Waals surface area contributed by atoms with Crippen LogP contribution in [0.4, 0.5) is 16.3 Å². The second-order valence-corrected chi connectivity index (χ2v) is 7.17. The zero-order valence-electron chi connectivity index (χ0n) is 13.8. The number of ether oxygens (including phenoxy) is 1. The highest BCUT2D eigenvalue weighted by atomic mass is 32.1. The molecule has 0 radical (unpaired) electrons. The molecule has 0 spiro atoms. The number of nitrogens with one attached hydrogen (secondary N) is 2. The van der Waals surface area contributed by atoms with E-state index in [0.717, 1.165) is 16.1 Å². The summed E-state index contributed by atoms with van der Waals surface area (Å²) in [5, 5.41) is 12.2. The van der Waals surface area contributed by atoms with Gasteiger partial charge in [0.1, 0.15) is 11.4 Å². The number of aryl methyl sites for hydroxylation is 1. The highest BCUT2D eigenvalue weighted by molar-refractivity contribution is 7.10.